The fraction of sp³-hybridized carbons (Fsp3) is 0.625. The highest BCUT2D eigenvalue weighted by atomic mass is 14.9. The zero-order valence-corrected chi connectivity index (χ0v) is 11.4. The Morgan fingerprint density at radius 3 is 2.41 bits per heavy atom. The van der Waals surface area contributed by atoms with Crippen LogP contribution >= 0.6 is 0 Å². The van der Waals surface area contributed by atoms with E-state index in [1.54, 1.807) is 0 Å². The Hall–Kier alpha value is -0.820. The van der Waals surface area contributed by atoms with Crippen molar-refractivity contribution in [2.45, 2.75) is 45.6 Å². The van der Waals surface area contributed by atoms with Gasteiger partial charge in [0.15, 0.2) is 0 Å². The lowest BCUT2D eigenvalue weighted by atomic mass is 9.98. The molecule has 1 nitrogen and oxygen atoms in total. The van der Waals surface area contributed by atoms with Crippen molar-refractivity contribution in [3.05, 3.63) is 35.4 Å². The highest BCUT2D eigenvalue weighted by molar-refractivity contribution is 5.26. The molecule has 1 saturated carbocycles. The van der Waals surface area contributed by atoms with Crippen LogP contribution in [0.1, 0.15) is 50.3 Å². The number of rotatable bonds is 6. The lowest BCUT2D eigenvalue weighted by Gasteiger charge is -2.17. The second-order valence-electron chi connectivity index (χ2n) is 5.49. The van der Waals surface area contributed by atoms with Gasteiger partial charge in [0, 0.05) is 6.04 Å². The topological polar surface area (TPSA) is 12.0 Å². The largest absolute Gasteiger partial charge is 0.313 e. The van der Waals surface area contributed by atoms with Crippen LogP contribution in [0.3, 0.4) is 0 Å². The summed E-state index contributed by atoms with van der Waals surface area (Å²) < 4.78 is 0. The number of aryl methyl sites for hydroxylation is 1. The smallest absolute Gasteiger partial charge is 0.0348 e. The molecule has 3 unspecified atom stereocenters. The van der Waals surface area contributed by atoms with E-state index in [9.17, 15) is 0 Å². The molecule has 1 aliphatic rings. The van der Waals surface area contributed by atoms with Gasteiger partial charge in [0.25, 0.3) is 0 Å². The molecule has 17 heavy (non-hydrogen) atoms. The molecule has 1 heteroatoms. The van der Waals surface area contributed by atoms with E-state index in [4.69, 9.17) is 0 Å². The third-order valence-corrected chi connectivity index (χ3v) is 4.07. The van der Waals surface area contributed by atoms with Crippen molar-refractivity contribution in [1.82, 2.24) is 5.32 Å². The van der Waals surface area contributed by atoms with Crippen molar-refractivity contribution in [3.63, 3.8) is 0 Å². The van der Waals surface area contributed by atoms with E-state index in [0.717, 1.165) is 11.8 Å². The first-order valence-corrected chi connectivity index (χ1v) is 7.02. The van der Waals surface area contributed by atoms with Crippen LogP contribution in [0.25, 0.3) is 0 Å². The van der Waals surface area contributed by atoms with Gasteiger partial charge in [-0.3, -0.25) is 0 Å². The van der Waals surface area contributed by atoms with Gasteiger partial charge in [-0.2, -0.15) is 0 Å². The minimum atomic E-state index is 0.560. The zero-order valence-electron chi connectivity index (χ0n) is 11.4. The average molecular weight is 231 g/mol. The van der Waals surface area contributed by atoms with Gasteiger partial charge in [0.1, 0.15) is 0 Å². The van der Waals surface area contributed by atoms with Crippen LogP contribution in [0.2, 0.25) is 0 Å². The van der Waals surface area contributed by atoms with E-state index in [-0.39, 0.29) is 0 Å². The number of benzene rings is 1. The Morgan fingerprint density at radius 2 is 1.94 bits per heavy atom. The molecule has 0 bridgehead atoms. The molecule has 0 spiro atoms. The number of hydrogen-bond donors (Lipinski definition) is 1. The van der Waals surface area contributed by atoms with Gasteiger partial charge in [-0.05, 0) is 49.3 Å². The first kappa shape index (κ1) is 12.6. The predicted octanol–water partition coefficient (Wildman–Crippen LogP) is 3.95. The first-order chi connectivity index (χ1) is 8.26. The molecule has 1 aromatic carbocycles. The summed E-state index contributed by atoms with van der Waals surface area (Å²) in [6.07, 6.45) is 5.18. The Balaban J connectivity index is 2.00. The van der Waals surface area contributed by atoms with Crippen molar-refractivity contribution < 1.29 is 0 Å². The Bertz CT molecular complexity index is 341. The maximum Gasteiger partial charge on any atom is 0.0348 e. The lowest BCUT2D eigenvalue weighted by Crippen LogP contribution is -2.18. The second-order valence-corrected chi connectivity index (χ2v) is 5.49. The minimum absolute atomic E-state index is 0.560. The van der Waals surface area contributed by atoms with Crippen molar-refractivity contribution >= 4 is 0 Å². The van der Waals surface area contributed by atoms with Crippen molar-refractivity contribution in [2.75, 3.05) is 7.05 Å². The summed E-state index contributed by atoms with van der Waals surface area (Å²) in [6, 6.07) is 9.81. The van der Waals surface area contributed by atoms with E-state index < -0.39 is 0 Å². The zero-order chi connectivity index (χ0) is 12.3. The standard InChI is InChI=1S/C16H25N/c1-4-5-6-13-7-9-14(10-8-13)16(17-3)15-11-12(15)2/h7-10,12,15-17H,4-6,11H2,1-3H3. The lowest BCUT2D eigenvalue weighted by molar-refractivity contribution is 0.504. The molecule has 0 amide bonds. The van der Waals surface area contributed by atoms with Crippen LogP contribution in [-0.4, -0.2) is 7.05 Å². The number of nitrogens with one attached hydrogen (secondary N) is 1. The molecule has 0 aromatic heterocycles. The highest BCUT2D eigenvalue weighted by Crippen LogP contribution is 2.46. The van der Waals surface area contributed by atoms with Crippen LogP contribution in [-0.2, 0) is 6.42 Å². The number of unbranched alkanes of at least 4 members (excludes halogenated alkanes) is 1. The normalized spacial score (nSPS) is 24.6. The Morgan fingerprint density at radius 1 is 1.29 bits per heavy atom. The van der Waals surface area contributed by atoms with Gasteiger partial charge in [-0.15, -0.1) is 0 Å². The third kappa shape index (κ3) is 3.10. The van der Waals surface area contributed by atoms with E-state index in [1.807, 2.05) is 0 Å². The van der Waals surface area contributed by atoms with Gasteiger partial charge in [-0.1, -0.05) is 44.5 Å². The van der Waals surface area contributed by atoms with Crippen LogP contribution in [0.15, 0.2) is 24.3 Å². The van der Waals surface area contributed by atoms with E-state index in [2.05, 4.69) is 50.5 Å². The first-order valence-electron chi connectivity index (χ1n) is 7.02. The summed E-state index contributed by atoms with van der Waals surface area (Å²) in [5.41, 5.74) is 2.94. The molecule has 1 aromatic rings. The van der Waals surface area contributed by atoms with Gasteiger partial charge in [0.2, 0.25) is 0 Å². The molecular weight excluding hydrogens is 206 g/mol. The predicted molar refractivity (Wildman–Crippen MR) is 74.1 cm³/mol. The maximum atomic E-state index is 3.47. The van der Waals surface area contributed by atoms with Crippen molar-refractivity contribution in [3.8, 4) is 0 Å². The summed E-state index contributed by atoms with van der Waals surface area (Å²) >= 11 is 0. The van der Waals surface area contributed by atoms with Gasteiger partial charge >= 0.3 is 0 Å². The maximum absolute atomic E-state index is 3.47. The fourth-order valence-electron chi connectivity index (χ4n) is 2.72. The SMILES string of the molecule is CCCCc1ccc(C(NC)C2CC2C)cc1. The molecule has 0 heterocycles. The summed E-state index contributed by atoms with van der Waals surface area (Å²) in [4.78, 5) is 0. The third-order valence-electron chi connectivity index (χ3n) is 4.07. The monoisotopic (exact) mass is 231 g/mol. The van der Waals surface area contributed by atoms with E-state index in [0.29, 0.717) is 6.04 Å². The molecule has 3 atom stereocenters. The molecule has 1 N–H and O–H groups in total. The van der Waals surface area contributed by atoms with Gasteiger partial charge in [0.05, 0.1) is 0 Å². The van der Waals surface area contributed by atoms with Crippen molar-refractivity contribution in [2.24, 2.45) is 11.8 Å². The quantitative estimate of drug-likeness (QED) is 0.782. The molecule has 2 rings (SSSR count). The summed E-state index contributed by atoms with van der Waals surface area (Å²) in [5, 5.41) is 3.47. The summed E-state index contributed by atoms with van der Waals surface area (Å²) in [5.74, 6) is 1.74. The Kier molecular flexibility index (Phi) is 4.22. The van der Waals surface area contributed by atoms with Crippen LogP contribution in [0.5, 0.6) is 0 Å². The second kappa shape index (κ2) is 5.68. The summed E-state index contributed by atoms with van der Waals surface area (Å²) in [6.45, 7) is 4.60. The van der Waals surface area contributed by atoms with Crippen LogP contribution in [0.4, 0.5) is 0 Å². The molecule has 1 fully saturated rings. The molecular formula is C16H25N. The number of hydrogen-bond acceptors (Lipinski definition) is 1. The minimum Gasteiger partial charge on any atom is -0.313 e. The highest BCUT2D eigenvalue weighted by Gasteiger charge is 2.39. The summed E-state index contributed by atoms with van der Waals surface area (Å²) in [7, 11) is 2.08. The van der Waals surface area contributed by atoms with Gasteiger partial charge < -0.3 is 5.32 Å². The van der Waals surface area contributed by atoms with E-state index >= 15 is 0 Å². The Labute approximate surface area is 106 Å². The molecule has 0 saturated heterocycles. The fourth-order valence-corrected chi connectivity index (χ4v) is 2.72. The molecule has 94 valence electrons. The average Bonchev–Trinajstić information content (AvgIpc) is 3.06. The van der Waals surface area contributed by atoms with Crippen molar-refractivity contribution in [1.29, 1.82) is 0 Å². The molecule has 1 aliphatic carbocycles. The van der Waals surface area contributed by atoms with Gasteiger partial charge in [-0.25, -0.2) is 0 Å². The van der Waals surface area contributed by atoms with Crippen LogP contribution < -0.4 is 5.32 Å². The molecule has 0 radical (unpaired) electrons. The van der Waals surface area contributed by atoms with Crippen LogP contribution in [0, 0.1) is 11.8 Å². The molecule has 0 aliphatic heterocycles. The van der Waals surface area contributed by atoms with E-state index in [1.165, 1.54) is 36.8 Å².